The molecular formula is C14H21N7. The van der Waals surface area contributed by atoms with Gasteiger partial charge in [-0.05, 0) is 18.9 Å². The quantitative estimate of drug-likeness (QED) is 0.835. The van der Waals surface area contributed by atoms with Crippen molar-refractivity contribution in [3.63, 3.8) is 0 Å². The molecule has 21 heavy (non-hydrogen) atoms. The van der Waals surface area contributed by atoms with Crippen LogP contribution in [0.2, 0.25) is 0 Å². The first-order chi connectivity index (χ1) is 10.1. The Balaban J connectivity index is 1.68. The van der Waals surface area contributed by atoms with E-state index < -0.39 is 0 Å². The average molecular weight is 287 g/mol. The topological polar surface area (TPSA) is 98.9 Å². The van der Waals surface area contributed by atoms with Gasteiger partial charge in [0.2, 0.25) is 5.95 Å². The summed E-state index contributed by atoms with van der Waals surface area (Å²) < 4.78 is 1.90. The third-order valence-corrected chi connectivity index (χ3v) is 3.96. The Morgan fingerprint density at radius 2 is 2.19 bits per heavy atom. The number of nitrogens with two attached hydrogens (primary N) is 2. The molecule has 0 amide bonds. The molecule has 4 N–H and O–H groups in total. The second kappa shape index (κ2) is 5.69. The summed E-state index contributed by atoms with van der Waals surface area (Å²) in [6.45, 7) is 1.61. The number of aromatic nitrogens is 4. The number of rotatable bonds is 5. The molecule has 112 valence electrons. The molecule has 1 fully saturated rings. The summed E-state index contributed by atoms with van der Waals surface area (Å²) >= 11 is 0. The molecule has 0 unspecified atom stereocenters. The number of nitrogens with zero attached hydrogens (tertiary/aromatic N) is 5. The highest BCUT2D eigenvalue weighted by molar-refractivity contribution is 5.44. The van der Waals surface area contributed by atoms with E-state index in [1.165, 1.54) is 0 Å². The van der Waals surface area contributed by atoms with Crippen LogP contribution in [-0.2, 0) is 6.54 Å². The fraction of sp³-hybridized carbons (Fsp3) is 0.500. The van der Waals surface area contributed by atoms with Crippen molar-refractivity contribution in [2.24, 2.45) is 5.73 Å². The van der Waals surface area contributed by atoms with E-state index in [2.05, 4.69) is 20.0 Å². The molecule has 3 rings (SSSR count). The van der Waals surface area contributed by atoms with Crippen LogP contribution in [-0.4, -0.2) is 39.4 Å². The Morgan fingerprint density at radius 1 is 1.38 bits per heavy atom. The predicted octanol–water partition coefficient (Wildman–Crippen LogP) is 0.596. The van der Waals surface area contributed by atoms with E-state index >= 15 is 0 Å². The zero-order valence-electron chi connectivity index (χ0n) is 12.2. The lowest BCUT2D eigenvalue weighted by molar-refractivity contribution is 0.345. The Hall–Kier alpha value is -2.15. The number of hydrogen-bond donors (Lipinski definition) is 2. The summed E-state index contributed by atoms with van der Waals surface area (Å²) in [6.07, 6.45) is 5.68. The minimum atomic E-state index is 0.298. The van der Waals surface area contributed by atoms with Gasteiger partial charge in [0.1, 0.15) is 5.82 Å². The molecule has 1 aliphatic carbocycles. The second-order valence-electron chi connectivity index (χ2n) is 5.63. The van der Waals surface area contributed by atoms with Gasteiger partial charge in [-0.3, -0.25) is 4.68 Å². The molecule has 0 atom stereocenters. The van der Waals surface area contributed by atoms with Crippen molar-refractivity contribution in [3.8, 4) is 0 Å². The highest BCUT2D eigenvalue weighted by atomic mass is 15.3. The smallest absolute Gasteiger partial charge is 0.222 e. The van der Waals surface area contributed by atoms with Crippen molar-refractivity contribution < 1.29 is 0 Å². The molecule has 0 spiro atoms. The third kappa shape index (κ3) is 3.13. The molecule has 0 saturated heterocycles. The monoisotopic (exact) mass is 287 g/mol. The molecular weight excluding hydrogens is 266 g/mol. The van der Waals surface area contributed by atoms with E-state index in [-0.39, 0.29) is 0 Å². The van der Waals surface area contributed by atoms with E-state index in [1.54, 1.807) is 6.20 Å². The van der Waals surface area contributed by atoms with Crippen molar-refractivity contribution in [2.75, 3.05) is 24.2 Å². The van der Waals surface area contributed by atoms with Gasteiger partial charge in [-0.2, -0.15) is 10.1 Å². The lowest BCUT2D eigenvalue weighted by Crippen LogP contribution is -2.35. The molecule has 2 heterocycles. The third-order valence-electron chi connectivity index (χ3n) is 3.96. The summed E-state index contributed by atoms with van der Waals surface area (Å²) in [5.74, 6) is 1.60. The Morgan fingerprint density at radius 3 is 2.86 bits per heavy atom. The van der Waals surface area contributed by atoms with Gasteiger partial charge in [0.15, 0.2) is 0 Å². The van der Waals surface area contributed by atoms with Crippen LogP contribution in [0.4, 0.5) is 11.8 Å². The minimum Gasteiger partial charge on any atom is -0.368 e. The molecule has 2 aromatic heterocycles. The highest BCUT2D eigenvalue weighted by Crippen LogP contribution is 2.35. The van der Waals surface area contributed by atoms with Crippen LogP contribution in [0, 0.1) is 0 Å². The molecule has 7 nitrogen and oxygen atoms in total. The predicted molar refractivity (Wildman–Crippen MR) is 81.9 cm³/mol. The van der Waals surface area contributed by atoms with Crippen molar-refractivity contribution in [1.29, 1.82) is 0 Å². The Labute approximate surface area is 124 Å². The molecule has 2 aromatic rings. The first-order valence-corrected chi connectivity index (χ1v) is 7.20. The van der Waals surface area contributed by atoms with Gasteiger partial charge in [0.25, 0.3) is 0 Å². The van der Waals surface area contributed by atoms with E-state index in [1.807, 2.05) is 30.1 Å². The lowest BCUT2D eigenvalue weighted by atomic mass is 9.78. The molecule has 1 aliphatic rings. The van der Waals surface area contributed by atoms with Crippen LogP contribution in [0.1, 0.15) is 24.5 Å². The van der Waals surface area contributed by atoms with Crippen LogP contribution in [0.5, 0.6) is 0 Å². The maximum absolute atomic E-state index is 5.85. The number of hydrogen-bond acceptors (Lipinski definition) is 6. The van der Waals surface area contributed by atoms with Crippen molar-refractivity contribution in [2.45, 2.75) is 31.3 Å². The van der Waals surface area contributed by atoms with E-state index in [0.29, 0.717) is 17.9 Å². The maximum atomic E-state index is 5.85. The van der Waals surface area contributed by atoms with Gasteiger partial charge in [-0.15, -0.1) is 0 Å². The molecule has 0 aromatic carbocycles. The molecule has 1 saturated carbocycles. The minimum absolute atomic E-state index is 0.298. The van der Waals surface area contributed by atoms with Gasteiger partial charge in [0, 0.05) is 44.0 Å². The average Bonchev–Trinajstić information content (AvgIpc) is 2.94. The first-order valence-electron chi connectivity index (χ1n) is 7.20. The first kappa shape index (κ1) is 13.8. The van der Waals surface area contributed by atoms with E-state index in [4.69, 9.17) is 11.5 Å². The zero-order valence-corrected chi connectivity index (χ0v) is 12.2. The standard InChI is InChI=1S/C14H21N7/c1-20(5-6-21-4-2-3-17-21)13-9-12(18-14(16)19-13)10-7-11(15)8-10/h2-4,9-11H,5-8,15H2,1H3,(H2,16,18,19). The van der Waals surface area contributed by atoms with Crippen molar-refractivity contribution in [1.82, 2.24) is 19.7 Å². The van der Waals surface area contributed by atoms with Gasteiger partial charge >= 0.3 is 0 Å². The molecule has 0 aliphatic heterocycles. The molecule has 0 radical (unpaired) electrons. The van der Waals surface area contributed by atoms with Crippen LogP contribution in [0.3, 0.4) is 0 Å². The highest BCUT2D eigenvalue weighted by Gasteiger charge is 2.29. The van der Waals surface area contributed by atoms with Crippen LogP contribution < -0.4 is 16.4 Å². The normalized spacial score (nSPS) is 21.0. The van der Waals surface area contributed by atoms with Gasteiger partial charge in [-0.25, -0.2) is 4.98 Å². The number of anilines is 2. The summed E-state index contributed by atoms with van der Waals surface area (Å²) in [5, 5.41) is 4.19. The Bertz CT molecular complexity index is 589. The number of nitrogen functional groups attached to an aromatic ring is 1. The van der Waals surface area contributed by atoms with Gasteiger partial charge < -0.3 is 16.4 Å². The zero-order chi connectivity index (χ0) is 14.8. The fourth-order valence-corrected chi connectivity index (χ4v) is 2.58. The maximum Gasteiger partial charge on any atom is 0.222 e. The van der Waals surface area contributed by atoms with Gasteiger partial charge in [-0.1, -0.05) is 0 Å². The molecule has 0 bridgehead atoms. The molecule has 7 heteroatoms. The second-order valence-corrected chi connectivity index (χ2v) is 5.63. The number of likely N-dealkylation sites (N-methyl/N-ethyl adjacent to an activating group) is 1. The fourth-order valence-electron chi connectivity index (χ4n) is 2.58. The van der Waals surface area contributed by atoms with E-state index in [0.717, 1.165) is 37.4 Å². The van der Waals surface area contributed by atoms with Gasteiger partial charge in [0.05, 0.1) is 12.2 Å². The van der Waals surface area contributed by atoms with Crippen molar-refractivity contribution >= 4 is 11.8 Å². The van der Waals surface area contributed by atoms with Crippen LogP contribution in [0.15, 0.2) is 24.5 Å². The SMILES string of the molecule is CN(CCn1cccn1)c1cc(C2CC(N)C2)nc(N)n1. The summed E-state index contributed by atoms with van der Waals surface area (Å²) in [4.78, 5) is 10.7. The Kier molecular flexibility index (Phi) is 3.74. The van der Waals surface area contributed by atoms with Crippen LogP contribution >= 0.6 is 0 Å². The van der Waals surface area contributed by atoms with Crippen LogP contribution in [0.25, 0.3) is 0 Å². The summed E-state index contributed by atoms with van der Waals surface area (Å²) in [7, 11) is 2.00. The summed E-state index contributed by atoms with van der Waals surface area (Å²) in [6, 6.07) is 4.24. The largest absolute Gasteiger partial charge is 0.368 e. The lowest BCUT2D eigenvalue weighted by Gasteiger charge is -2.32. The summed E-state index contributed by atoms with van der Waals surface area (Å²) in [5.41, 5.74) is 12.7. The van der Waals surface area contributed by atoms with E-state index in [9.17, 15) is 0 Å². The van der Waals surface area contributed by atoms with Crippen molar-refractivity contribution in [3.05, 3.63) is 30.2 Å².